The van der Waals surface area contributed by atoms with Gasteiger partial charge in [0.2, 0.25) is 5.91 Å². The standard InChI is InChI=1S/C21H24F3N3O2S/c1-19(2)8-13-9-20(3,11-19)12-27(13)17(28)10-30-18-25-14(15-5-4-6-29-15)7-16(26-18)21(22,23)24/h4-7,13H,8-12H2,1-3H3/t13-,20-/m1/s1. The molecule has 2 aliphatic rings. The summed E-state index contributed by atoms with van der Waals surface area (Å²) in [4.78, 5) is 22.6. The lowest BCUT2D eigenvalue weighted by molar-refractivity contribution is -0.141. The van der Waals surface area contributed by atoms with Crippen LogP contribution in [0.25, 0.3) is 11.5 Å². The maximum atomic E-state index is 13.3. The molecular formula is C21H24F3N3O2S. The molecule has 30 heavy (non-hydrogen) atoms. The lowest BCUT2D eigenvalue weighted by Gasteiger charge is -2.39. The SMILES string of the molecule is CC1(C)C[C@@H]2C[C@@](C)(CN2C(=O)CSc2nc(-c3ccco3)cc(C(F)(F)F)n2)C1. The van der Waals surface area contributed by atoms with Crippen LogP contribution in [-0.4, -0.2) is 39.1 Å². The highest BCUT2D eigenvalue weighted by molar-refractivity contribution is 7.99. The molecule has 2 aromatic heterocycles. The first-order valence-corrected chi connectivity index (χ1v) is 10.9. The van der Waals surface area contributed by atoms with E-state index in [4.69, 9.17) is 4.42 Å². The molecule has 5 nitrogen and oxygen atoms in total. The minimum atomic E-state index is -4.62. The lowest BCUT2D eigenvalue weighted by Crippen LogP contribution is -2.38. The summed E-state index contributed by atoms with van der Waals surface area (Å²) in [7, 11) is 0. The van der Waals surface area contributed by atoms with Crippen molar-refractivity contribution in [2.75, 3.05) is 12.3 Å². The van der Waals surface area contributed by atoms with Crippen LogP contribution in [0.3, 0.4) is 0 Å². The predicted molar refractivity (Wildman–Crippen MR) is 107 cm³/mol. The van der Waals surface area contributed by atoms with Gasteiger partial charge in [-0.2, -0.15) is 13.2 Å². The summed E-state index contributed by atoms with van der Waals surface area (Å²) in [5.74, 6) is 0.151. The number of alkyl halides is 3. The van der Waals surface area contributed by atoms with Crippen LogP contribution in [0.2, 0.25) is 0 Å². The van der Waals surface area contributed by atoms with Gasteiger partial charge in [-0.05, 0) is 48.3 Å². The molecule has 2 bridgehead atoms. The van der Waals surface area contributed by atoms with Crippen molar-refractivity contribution in [3.8, 4) is 11.5 Å². The average Bonchev–Trinajstić information content (AvgIpc) is 3.24. The minimum absolute atomic E-state index is 0.00587. The zero-order valence-electron chi connectivity index (χ0n) is 17.1. The smallest absolute Gasteiger partial charge is 0.433 e. The quantitative estimate of drug-likeness (QED) is 0.480. The van der Waals surface area contributed by atoms with Crippen molar-refractivity contribution in [3.63, 3.8) is 0 Å². The van der Waals surface area contributed by atoms with Gasteiger partial charge in [-0.25, -0.2) is 9.97 Å². The zero-order valence-corrected chi connectivity index (χ0v) is 17.9. The van der Waals surface area contributed by atoms with E-state index in [0.717, 1.165) is 37.1 Å². The van der Waals surface area contributed by atoms with Crippen LogP contribution in [0.5, 0.6) is 0 Å². The highest BCUT2D eigenvalue weighted by Crippen LogP contribution is 2.52. The number of amides is 1. The van der Waals surface area contributed by atoms with Crippen LogP contribution in [0.1, 0.15) is 45.7 Å². The van der Waals surface area contributed by atoms with E-state index in [0.29, 0.717) is 6.54 Å². The van der Waals surface area contributed by atoms with Gasteiger partial charge in [0.15, 0.2) is 10.9 Å². The third-order valence-electron chi connectivity index (χ3n) is 5.83. The first kappa shape index (κ1) is 21.2. The fourth-order valence-electron chi connectivity index (χ4n) is 5.15. The number of furan rings is 1. The molecular weight excluding hydrogens is 415 g/mol. The summed E-state index contributed by atoms with van der Waals surface area (Å²) in [5.41, 5.74) is -0.720. The van der Waals surface area contributed by atoms with E-state index < -0.39 is 11.9 Å². The van der Waals surface area contributed by atoms with Gasteiger partial charge in [0.05, 0.1) is 12.0 Å². The number of carbonyl (C=O) groups is 1. The van der Waals surface area contributed by atoms with Gasteiger partial charge < -0.3 is 9.32 Å². The first-order valence-electron chi connectivity index (χ1n) is 9.87. The van der Waals surface area contributed by atoms with Gasteiger partial charge in [-0.15, -0.1) is 0 Å². The average molecular weight is 440 g/mol. The number of fused-ring (bicyclic) bond motifs is 2. The molecule has 162 valence electrons. The summed E-state index contributed by atoms with van der Waals surface area (Å²) in [5, 5.41) is -0.0849. The molecule has 1 aliphatic carbocycles. The molecule has 0 unspecified atom stereocenters. The molecule has 2 aromatic rings. The molecule has 0 aromatic carbocycles. The molecule has 2 atom stereocenters. The van der Waals surface area contributed by atoms with E-state index in [1.54, 1.807) is 6.07 Å². The van der Waals surface area contributed by atoms with Crippen LogP contribution < -0.4 is 0 Å². The molecule has 4 rings (SSSR count). The van der Waals surface area contributed by atoms with Crippen LogP contribution in [0.15, 0.2) is 34.0 Å². The summed E-state index contributed by atoms with van der Waals surface area (Å²) >= 11 is 0.935. The second-order valence-corrected chi connectivity index (χ2v) is 10.4. The number of nitrogens with zero attached hydrogens (tertiary/aromatic N) is 3. The normalized spacial score (nSPS) is 25.5. The van der Waals surface area contributed by atoms with Crippen LogP contribution in [0, 0.1) is 10.8 Å². The van der Waals surface area contributed by atoms with Crippen LogP contribution in [-0.2, 0) is 11.0 Å². The Morgan fingerprint density at radius 3 is 2.73 bits per heavy atom. The number of rotatable bonds is 4. The van der Waals surface area contributed by atoms with Crippen molar-refractivity contribution in [3.05, 3.63) is 30.2 Å². The molecule has 0 N–H and O–H groups in total. The molecule has 0 radical (unpaired) electrons. The molecule has 0 spiro atoms. The predicted octanol–water partition coefficient (Wildman–Crippen LogP) is 5.27. The molecule has 1 saturated carbocycles. The second-order valence-electron chi connectivity index (χ2n) is 9.42. The van der Waals surface area contributed by atoms with E-state index in [1.165, 1.54) is 12.3 Å². The fourth-order valence-corrected chi connectivity index (χ4v) is 5.89. The third kappa shape index (κ3) is 4.36. The highest BCUT2D eigenvalue weighted by Gasteiger charge is 2.50. The van der Waals surface area contributed by atoms with Crippen LogP contribution >= 0.6 is 11.8 Å². The number of thioether (sulfide) groups is 1. The Bertz CT molecular complexity index is 945. The maximum Gasteiger partial charge on any atom is 0.433 e. The Morgan fingerprint density at radius 2 is 2.07 bits per heavy atom. The number of carbonyl (C=O) groups excluding carboxylic acids is 1. The fraction of sp³-hybridized carbons (Fsp3) is 0.571. The van der Waals surface area contributed by atoms with E-state index in [9.17, 15) is 18.0 Å². The Hall–Kier alpha value is -2.03. The topological polar surface area (TPSA) is 59.2 Å². The summed E-state index contributed by atoms with van der Waals surface area (Å²) in [6.45, 7) is 7.37. The summed E-state index contributed by atoms with van der Waals surface area (Å²) in [6, 6.07) is 4.16. The summed E-state index contributed by atoms with van der Waals surface area (Å²) in [6.07, 6.45) is -0.252. The van der Waals surface area contributed by atoms with Gasteiger partial charge in [0, 0.05) is 12.6 Å². The molecule has 1 amide bonds. The maximum absolute atomic E-state index is 13.3. The van der Waals surface area contributed by atoms with Gasteiger partial charge >= 0.3 is 6.18 Å². The number of hydrogen-bond donors (Lipinski definition) is 0. The number of aromatic nitrogens is 2. The lowest BCUT2D eigenvalue weighted by atomic mass is 9.65. The van der Waals surface area contributed by atoms with Gasteiger partial charge in [-0.3, -0.25) is 4.79 Å². The number of likely N-dealkylation sites (tertiary alicyclic amines) is 1. The first-order chi connectivity index (χ1) is 13.9. The monoisotopic (exact) mass is 439 g/mol. The van der Waals surface area contributed by atoms with E-state index in [1.807, 2.05) is 4.90 Å². The molecule has 1 saturated heterocycles. The number of halogens is 3. The van der Waals surface area contributed by atoms with Crippen molar-refractivity contribution >= 4 is 17.7 Å². The Morgan fingerprint density at radius 1 is 1.30 bits per heavy atom. The van der Waals surface area contributed by atoms with Gasteiger partial charge in [0.1, 0.15) is 11.4 Å². The Labute approximate surface area is 177 Å². The summed E-state index contributed by atoms with van der Waals surface area (Å²) < 4.78 is 45.1. The van der Waals surface area contributed by atoms with Crippen molar-refractivity contribution < 1.29 is 22.4 Å². The largest absolute Gasteiger partial charge is 0.463 e. The Balaban J connectivity index is 1.51. The second kappa shape index (κ2) is 7.28. The minimum Gasteiger partial charge on any atom is -0.463 e. The van der Waals surface area contributed by atoms with Crippen molar-refractivity contribution in [2.45, 2.75) is 57.4 Å². The van der Waals surface area contributed by atoms with Crippen LogP contribution in [0.4, 0.5) is 13.2 Å². The number of hydrogen-bond acceptors (Lipinski definition) is 5. The van der Waals surface area contributed by atoms with Gasteiger partial charge in [-0.1, -0.05) is 32.5 Å². The molecule has 3 heterocycles. The highest BCUT2D eigenvalue weighted by atomic mass is 32.2. The van der Waals surface area contributed by atoms with E-state index >= 15 is 0 Å². The van der Waals surface area contributed by atoms with Crippen molar-refractivity contribution in [2.24, 2.45) is 10.8 Å². The molecule has 9 heteroatoms. The van der Waals surface area contributed by atoms with Gasteiger partial charge in [0.25, 0.3) is 0 Å². The Kier molecular flexibility index (Phi) is 5.15. The van der Waals surface area contributed by atoms with Crippen molar-refractivity contribution in [1.82, 2.24) is 14.9 Å². The molecule has 2 fully saturated rings. The molecule has 1 aliphatic heterocycles. The van der Waals surface area contributed by atoms with Crippen molar-refractivity contribution in [1.29, 1.82) is 0 Å². The zero-order chi connectivity index (χ0) is 21.7. The van der Waals surface area contributed by atoms with E-state index in [2.05, 4.69) is 30.7 Å². The third-order valence-corrected chi connectivity index (χ3v) is 6.66. The van der Waals surface area contributed by atoms with E-state index in [-0.39, 0.29) is 45.1 Å².